The molecule has 1 atom stereocenters. The van der Waals surface area contributed by atoms with Crippen molar-refractivity contribution in [3.63, 3.8) is 0 Å². The molecule has 0 bridgehead atoms. The number of carbonyl (C=O) groups is 2. The number of hydrogen-bond donors (Lipinski definition) is 1. The average molecular weight is 391 g/mol. The normalized spacial score (nSPS) is 16.6. The first kappa shape index (κ1) is 19.1. The van der Waals surface area contributed by atoms with Gasteiger partial charge in [-0.15, -0.1) is 0 Å². The van der Waals surface area contributed by atoms with Crippen LogP contribution in [0.25, 0.3) is 0 Å². The van der Waals surface area contributed by atoms with Crippen LogP contribution in [0.1, 0.15) is 10.4 Å². The molecule has 142 valence electrons. The SMILES string of the molecule is O=C(NCC(=O)N1CCOC(COc2cncc(Cl)c2)C1)c1cccnc1. The molecule has 2 aromatic heterocycles. The fourth-order valence-corrected chi connectivity index (χ4v) is 2.74. The third-order valence-corrected chi connectivity index (χ3v) is 4.14. The molecule has 3 heterocycles. The Bertz CT molecular complexity index is 790. The van der Waals surface area contributed by atoms with Gasteiger partial charge >= 0.3 is 0 Å². The third kappa shape index (κ3) is 5.63. The Morgan fingerprint density at radius 1 is 1.33 bits per heavy atom. The van der Waals surface area contributed by atoms with Gasteiger partial charge in [0.1, 0.15) is 18.5 Å². The van der Waals surface area contributed by atoms with Gasteiger partial charge in [0, 0.05) is 31.2 Å². The van der Waals surface area contributed by atoms with E-state index in [0.717, 1.165) is 0 Å². The predicted octanol–water partition coefficient (Wildman–Crippen LogP) is 1.17. The molecular formula is C18H19ClN4O4. The van der Waals surface area contributed by atoms with Crippen molar-refractivity contribution in [1.82, 2.24) is 20.2 Å². The largest absolute Gasteiger partial charge is 0.489 e. The van der Waals surface area contributed by atoms with Gasteiger partial charge in [0.2, 0.25) is 5.91 Å². The van der Waals surface area contributed by atoms with Crippen molar-refractivity contribution in [2.75, 3.05) is 32.8 Å². The number of nitrogens with zero attached hydrogens (tertiary/aromatic N) is 3. The predicted molar refractivity (Wildman–Crippen MR) is 97.6 cm³/mol. The molecule has 0 radical (unpaired) electrons. The molecule has 1 aliphatic rings. The average Bonchev–Trinajstić information content (AvgIpc) is 2.71. The van der Waals surface area contributed by atoms with Crippen LogP contribution in [0.3, 0.4) is 0 Å². The summed E-state index contributed by atoms with van der Waals surface area (Å²) >= 11 is 5.87. The van der Waals surface area contributed by atoms with Crippen LogP contribution in [0.2, 0.25) is 5.02 Å². The highest BCUT2D eigenvalue weighted by Crippen LogP contribution is 2.16. The summed E-state index contributed by atoms with van der Waals surface area (Å²) < 4.78 is 11.3. The number of hydrogen-bond acceptors (Lipinski definition) is 6. The quantitative estimate of drug-likeness (QED) is 0.795. The van der Waals surface area contributed by atoms with E-state index in [4.69, 9.17) is 21.1 Å². The Kier molecular flexibility index (Phi) is 6.56. The number of nitrogens with one attached hydrogen (secondary N) is 1. The molecule has 1 unspecified atom stereocenters. The zero-order valence-electron chi connectivity index (χ0n) is 14.5. The molecule has 2 aromatic rings. The molecule has 0 spiro atoms. The fourth-order valence-electron chi connectivity index (χ4n) is 2.57. The summed E-state index contributed by atoms with van der Waals surface area (Å²) in [5.74, 6) is 0.0290. The zero-order chi connectivity index (χ0) is 19.1. The van der Waals surface area contributed by atoms with E-state index in [9.17, 15) is 9.59 Å². The molecular weight excluding hydrogens is 372 g/mol. The first-order valence-electron chi connectivity index (χ1n) is 8.43. The molecule has 1 saturated heterocycles. The van der Waals surface area contributed by atoms with Gasteiger partial charge in [-0.2, -0.15) is 0 Å². The number of morpholine rings is 1. The lowest BCUT2D eigenvalue weighted by Gasteiger charge is -2.32. The molecule has 1 N–H and O–H groups in total. The van der Waals surface area contributed by atoms with E-state index < -0.39 is 0 Å². The number of carbonyl (C=O) groups excluding carboxylic acids is 2. The Labute approximate surface area is 161 Å². The molecule has 8 nitrogen and oxygen atoms in total. The van der Waals surface area contributed by atoms with E-state index in [-0.39, 0.29) is 31.1 Å². The minimum atomic E-state index is -0.335. The molecule has 2 amide bonds. The number of rotatable bonds is 6. The first-order chi connectivity index (χ1) is 13.1. The number of aromatic nitrogens is 2. The lowest BCUT2D eigenvalue weighted by atomic mass is 10.2. The smallest absolute Gasteiger partial charge is 0.253 e. The minimum absolute atomic E-state index is 0.0838. The molecule has 0 saturated carbocycles. The van der Waals surface area contributed by atoms with E-state index in [0.29, 0.717) is 36.0 Å². The number of ether oxygens (including phenoxy) is 2. The maximum atomic E-state index is 12.4. The Morgan fingerprint density at radius 3 is 3.00 bits per heavy atom. The minimum Gasteiger partial charge on any atom is -0.489 e. The van der Waals surface area contributed by atoms with Gasteiger partial charge in [0.25, 0.3) is 5.91 Å². The summed E-state index contributed by atoms with van der Waals surface area (Å²) in [6.45, 7) is 1.45. The Morgan fingerprint density at radius 2 is 2.22 bits per heavy atom. The van der Waals surface area contributed by atoms with E-state index in [1.807, 2.05) is 0 Å². The van der Waals surface area contributed by atoms with Crippen LogP contribution in [-0.2, 0) is 9.53 Å². The molecule has 0 aliphatic carbocycles. The highest BCUT2D eigenvalue weighted by atomic mass is 35.5. The summed E-state index contributed by atoms with van der Waals surface area (Å²) in [6.07, 6.45) is 5.84. The van der Waals surface area contributed by atoms with Gasteiger partial charge in [-0.25, -0.2) is 0 Å². The van der Waals surface area contributed by atoms with Crippen LogP contribution in [0.15, 0.2) is 43.0 Å². The Hall–Kier alpha value is -2.71. The number of pyridine rings is 2. The topological polar surface area (TPSA) is 93.7 Å². The Balaban J connectivity index is 1.45. The van der Waals surface area contributed by atoms with Crippen LogP contribution in [-0.4, -0.2) is 65.6 Å². The van der Waals surface area contributed by atoms with Crippen molar-refractivity contribution in [3.8, 4) is 5.75 Å². The first-order valence-corrected chi connectivity index (χ1v) is 8.80. The number of halogens is 1. The number of amides is 2. The third-order valence-electron chi connectivity index (χ3n) is 3.93. The highest BCUT2D eigenvalue weighted by molar-refractivity contribution is 6.30. The van der Waals surface area contributed by atoms with Crippen molar-refractivity contribution >= 4 is 23.4 Å². The monoisotopic (exact) mass is 390 g/mol. The maximum Gasteiger partial charge on any atom is 0.253 e. The fraction of sp³-hybridized carbons (Fsp3) is 0.333. The van der Waals surface area contributed by atoms with Gasteiger partial charge in [-0.05, 0) is 12.1 Å². The van der Waals surface area contributed by atoms with Crippen LogP contribution >= 0.6 is 11.6 Å². The van der Waals surface area contributed by atoms with E-state index in [2.05, 4.69) is 15.3 Å². The van der Waals surface area contributed by atoms with Crippen LogP contribution in [0, 0.1) is 0 Å². The molecule has 3 rings (SSSR count). The standard InChI is InChI=1S/C18H19ClN4O4/c19-14-6-15(9-21-8-14)27-12-16-11-23(4-5-26-16)17(24)10-22-18(25)13-2-1-3-20-7-13/h1-3,6-9,16H,4-5,10-12H2,(H,22,25). The van der Waals surface area contributed by atoms with Crippen LogP contribution < -0.4 is 10.1 Å². The van der Waals surface area contributed by atoms with Gasteiger partial charge in [0.05, 0.1) is 36.5 Å². The molecule has 27 heavy (non-hydrogen) atoms. The van der Waals surface area contributed by atoms with Crippen molar-refractivity contribution in [1.29, 1.82) is 0 Å². The van der Waals surface area contributed by atoms with Crippen molar-refractivity contribution in [2.45, 2.75) is 6.10 Å². The van der Waals surface area contributed by atoms with E-state index >= 15 is 0 Å². The maximum absolute atomic E-state index is 12.4. The summed E-state index contributed by atoms with van der Waals surface area (Å²) in [4.78, 5) is 33.9. The summed E-state index contributed by atoms with van der Waals surface area (Å²) in [5.41, 5.74) is 0.411. The summed E-state index contributed by atoms with van der Waals surface area (Å²) in [6, 6.07) is 4.96. The second-order valence-electron chi connectivity index (χ2n) is 5.91. The van der Waals surface area contributed by atoms with Crippen LogP contribution in [0.4, 0.5) is 0 Å². The van der Waals surface area contributed by atoms with E-state index in [1.54, 1.807) is 35.5 Å². The van der Waals surface area contributed by atoms with Crippen molar-refractivity contribution < 1.29 is 19.1 Å². The lowest BCUT2D eigenvalue weighted by molar-refractivity contribution is -0.138. The van der Waals surface area contributed by atoms with E-state index in [1.165, 1.54) is 12.4 Å². The summed E-state index contributed by atoms with van der Waals surface area (Å²) in [5, 5.41) is 3.09. The second kappa shape index (κ2) is 9.29. The molecule has 9 heteroatoms. The van der Waals surface area contributed by atoms with Gasteiger partial charge < -0.3 is 19.7 Å². The van der Waals surface area contributed by atoms with Gasteiger partial charge in [-0.3, -0.25) is 19.6 Å². The van der Waals surface area contributed by atoms with Gasteiger partial charge in [0.15, 0.2) is 0 Å². The summed E-state index contributed by atoms with van der Waals surface area (Å²) in [7, 11) is 0. The molecule has 1 fully saturated rings. The molecule has 0 aromatic carbocycles. The van der Waals surface area contributed by atoms with Crippen LogP contribution in [0.5, 0.6) is 5.75 Å². The van der Waals surface area contributed by atoms with Crippen molar-refractivity contribution in [3.05, 3.63) is 53.6 Å². The zero-order valence-corrected chi connectivity index (χ0v) is 15.3. The van der Waals surface area contributed by atoms with Crippen molar-refractivity contribution in [2.24, 2.45) is 0 Å². The second-order valence-corrected chi connectivity index (χ2v) is 6.34. The highest BCUT2D eigenvalue weighted by Gasteiger charge is 2.25. The van der Waals surface area contributed by atoms with Gasteiger partial charge in [-0.1, -0.05) is 11.6 Å². The molecule has 1 aliphatic heterocycles. The lowest BCUT2D eigenvalue weighted by Crippen LogP contribution is -2.50.